The first kappa shape index (κ1) is 24.2. The van der Waals surface area contributed by atoms with Crippen molar-refractivity contribution in [2.24, 2.45) is 0 Å². The molecule has 0 saturated carbocycles. The second-order valence-corrected chi connectivity index (χ2v) is 7.90. The van der Waals surface area contributed by atoms with Crippen molar-refractivity contribution in [2.45, 2.75) is 31.5 Å². The van der Waals surface area contributed by atoms with Crippen molar-refractivity contribution < 1.29 is 37.1 Å². The number of rotatable bonds is 7. The number of fused-ring (bicyclic) bond motifs is 1. The van der Waals surface area contributed by atoms with E-state index in [1.807, 2.05) is 0 Å². The van der Waals surface area contributed by atoms with E-state index < -0.39 is 43.0 Å². The number of esters is 1. The molecule has 1 aromatic heterocycles. The summed E-state index contributed by atoms with van der Waals surface area (Å²) in [5, 5.41) is 8.40. The monoisotopic (exact) mass is 483 g/mol. The van der Waals surface area contributed by atoms with Crippen molar-refractivity contribution in [3.05, 3.63) is 46.7 Å². The van der Waals surface area contributed by atoms with Gasteiger partial charge >= 0.3 is 12.1 Å². The fraction of sp³-hybridized carbons (Fsp3) is 0.333. The number of hydrogen-bond donors (Lipinski definition) is 2. The van der Waals surface area contributed by atoms with Crippen LogP contribution in [0, 0.1) is 0 Å². The van der Waals surface area contributed by atoms with E-state index >= 15 is 0 Å². The summed E-state index contributed by atoms with van der Waals surface area (Å²) in [5.41, 5.74) is 0.413. The average Bonchev–Trinajstić information content (AvgIpc) is 3.25. The lowest BCUT2D eigenvalue weighted by atomic mass is 10.1. The van der Waals surface area contributed by atoms with Crippen molar-refractivity contribution in [1.29, 1.82) is 0 Å². The summed E-state index contributed by atoms with van der Waals surface area (Å²) in [6.45, 7) is -0.740. The molecule has 1 unspecified atom stereocenters. The first-order valence-electron chi connectivity index (χ1n) is 9.90. The third kappa shape index (κ3) is 6.31. The summed E-state index contributed by atoms with van der Waals surface area (Å²) >= 11 is 1.37. The molecule has 1 atom stereocenters. The fourth-order valence-corrected chi connectivity index (χ4v) is 3.85. The molecule has 0 fully saturated rings. The predicted molar refractivity (Wildman–Crippen MR) is 114 cm³/mol. The first-order chi connectivity index (χ1) is 15.7. The molecule has 0 spiro atoms. The smallest absolute Gasteiger partial charge is 0.409 e. The normalized spacial score (nSPS) is 15.8. The summed E-state index contributed by atoms with van der Waals surface area (Å²) in [5.74, 6) is -3.09. The molecule has 1 aromatic carbocycles. The van der Waals surface area contributed by atoms with Crippen LogP contribution < -0.4 is 15.5 Å². The van der Waals surface area contributed by atoms with Gasteiger partial charge in [-0.1, -0.05) is 12.1 Å². The number of benzene rings is 1. The number of nitrogens with one attached hydrogen (secondary N) is 2. The number of thiophene rings is 1. The second kappa shape index (κ2) is 10.5. The minimum Gasteiger partial charge on any atom is -0.456 e. The van der Waals surface area contributed by atoms with E-state index in [4.69, 9.17) is 4.74 Å². The number of amides is 3. The van der Waals surface area contributed by atoms with Crippen molar-refractivity contribution in [3.63, 3.8) is 0 Å². The highest BCUT2D eigenvalue weighted by Crippen LogP contribution is 2.37. The van der Waals surface area contributed by atoms with Gasteiger partial charge in [0.2, 0.25) is 5.91 Å². The maximum Gasteiger partial charge on any atom is 0.409 e. The van der Waals surface area contributed by atoms with Crippen molar-refractivity contribution in [2.75, 3.05) is 23.4 Å². The van der Waals surface area contributed by atoms with Crippen LogP contribution in [0.3, 0.4) is 0 Å². The molecule has 0 bridgehead atoms. The number of anilines is 2. The summed E-state index contributed by atoms with van der Waals surface area (Å²) in [6.07, 6.45) is -5.79. The molecule has 0 saturated heterocycles. The van der Waals surface area contributed by atoms with Gasteiger partial charge in [-0.25, -0.2) is 0 Å². The maximum atomic E-state index is 13.7. The molecular formula is C21H20F3N3O5S. The zero-order chi connectivity index (χ0) is 24.0. The molecule has 1 aliphatic rings. The summed E-state index contributed by atoms with van der Waals surface area (Å²) in [7, 11) is 0. The van der Waals surface area contributed by atoms with Crippen LogP contribution in [0.15, 0.2) is 41.1 Å². The fourth-order valence-electron chi connectivity index (χ4n) is 3.21. The van der Waals surface area contributed by atoms with Gasteiger partial charge in [-0.3, -0.25) is 24.1 Å². The molecule has 8 nitrogen and oxygen atoms in total. The minimum absolute atomic E-state index is 0.0512. The van der Waals surface area contributed by atoms with Crippen molar-refractivity contribution in [3.8, 4) is 0 Å². The van der Waals surface area contributed by atoms with Crippen LogP contribution >= 0.6 is 11.3 Å². The van der Waals surface area contributed by atoms with Crippen LogP contribution in [-0.4, -0.2) is 49.1 Å². The second-order valence-electron chi connectivity index (χ2n) is 7.12. The number of halogens is 3. The average molecular weight is 483 g/mol. The number of ether oxygens (including phenoxy) is 1. The summed E-state index contributed by atoms with van der Waals surface area (Å²) in [6, 6.07) is 4.84. The highest BCUT2D eigenvalue weighted by molar-refractivity contribution is 7.08. The zero-order valence-electron chi connectivity index (χ0n) is 17.2. The Labute approximate surface area is 190 Å². The van der Waals surface area contributed by atoms with Gasteiger partial charge in [-0.05, 0) is 30.0 Å². The molecule has 0 aliphatic carbocycles. The van der Waals surface area contributed by atoms with Crippen molar-refractivity contribution >= 4 is 46.4 Å². The van der Waals surface area contributed by atoms with Crippen LogP contribution in [0.1, 0.15) is 29.6 Å². The SMILES string of the molecule is O=C1CC(C(F)(F)F)N(C(=O)COC(=O)CCCNC(=O)c2ccsc2)c2ccccc2N1. The van der Waals surface area contributed by atoms with Gasteiger partial charge in [0.15, 0.2) is 6.61 Å². The van der Waals surface area contributed by atoms with Gasteiger partial charge in [-0.2, -0.15) is 24.5 Å². The van der Waals surface area contributed by atoms with Gasteiger partial charge < -0.3 is 15.4 Å². The Balaban J connectivity index is 1.57. The Hall–Kier alpha value is -3.41. The van der Waals surface area contributed by atoms with Crippen LogP contribution in [0.2, 0.25) is 0 Å². The first-order valence-corrected chi connectivity index (χ1v) is 10.8. The molecule has 3 amide bonds. The summed E-state index contributed by atoms with van der Waals surface area (Å²) < 4.78 is 45.8. The number of alkyl halides is 3. The largest absolute Gasteiger partial charge is 0.456 e. The van der Waals surface area contributed by atoms with Crippen LogP contribution in [-0.2, 0) is 19.1 Å². The highest BCUT2D eigenvalue weighted by atomic mass is 32.1. The Kier molecular flexibility index (Phi) is 7.69. The molecular weight excluding hydrogens is 463 g/mol. The number of nitrogens with zero attached hydrogens (tertiary/aromatic N) is 1. The van der Waals surface area contributed by atoms with Crippen LogP contribution in [0.4, 0.5) is 24.5 Å². The highest BCUT2D eigenvalue weighted by Gasteiger charge is 2.49. The lowest BCUT2D eigenvalue weighted by Gasteiger charge is -2.31. The van der Waals surface area contributed by atoms with E-state index in [9.17, 15) is 32.3 Å². The van der Waals surface area contributed by atoms with E-state index in [1.165, 1.54) is 35.6 Å². The van der Waals surface area contributed by atoms with Gasteiger partial charge in [-0.15, -0.1) is 0 Å². The number of hydrogen-bond acceptors (Lipinski definition) is 6. The van der Waals surface area contributed by atoms with E-state index in [2.05, 4.69) is 10.6 Å². The molecule has 3 rings (SSSR count). The predicted octanol–water partition coefficient (Wildman–Crippen LogP) is 3.11. The van der Waals surface area contributed by atoms with Gasteiger partial charge in [0, 0.05) is 23.9 Å². The lowest BCUT2D eigenvalue weighted by Crippen LogP contribution is -2.51. The lowest BCUT2D eigenvalue weighted by molar-refractivity contribution is -0.160. The number of carbonyl (C=O) groups excluding carboxylic acids is 4. The molecule has 1 aliphatic heterocycles. The van der Waals surface area contributed by atoms with Gasteiger partial charge in [0.1, 0.15) is 6.04 Å². The zero-order valence-corrected chi connectivity index (χ0v) is 18.0. The Morgan fingerprint density at radius 2 is 1.97 bits per heavy atom. The van der Waals surface area contributed by atoms with E-state index in [0.29, 0.717) is 10.5 Å². The summed E-state index contributed by atoms with van der Waals surface area (Å²) in [4.78, 5) is 48.8. The molecule has 176 valence electrons. The Morgan fingerprint density at radius 1 is 1.21 bits per heavy atom. The van der Waals surface area contributed by atoms with E-state index in [0.717, 1.165) is 0 Å². The molecule has 12 heteroatoms. The molecule has 33 heavy (non-hydrogen) atoms. The third-order valence-corrected chi connectivity index (χ3v) is 5.44. The number of para-hydroxylation sites is 2. The Morgan fingerprint density at radius 3 is 2.67 bits per heavy atom. The van der Waals surface area contributed by atoms with Crippen LogP contribution in [0.5, 0.6) is 0 Å². The van der Waals surface area contributed by atoms with Crippen molar-refractivity contribution in [1.82, 2.24) is 5.32 Å². The Bertz CT molecular complexity index is 1030. The quantitative estimate of drug-likeness (QED) is 0.465. The number of carbonyl (C=O) groups is 4. The third-order valence-electron chi connectivity index (χ3n) is 4.76. The molecule has 2 N–H and O–H groups in total. The topological polar surface area (TPSA) is 105 Å². The van der Waals surface area contributed by atoms with Gasteiger partial charge in [0.05, 0.1) is 17.8 Å². The maximum absolute atomic E-state index is 13.7. The molecule has 2 heterocycles. The van der Waals surface area contributed by atoms with E-state index in [1.54, 1.807) is 16.8 Å². The van der Waals surface area contributed by atoms with Gasteiger partial charge in [0.25, 0.3) is 11.8 Å². The minimum atomic E-state index is -4.88. The molecule has 0 radical (unpaired) electrons. The van der Waals surface area contributed by atoms with E-state index in [-0.39, 0.29) is 36.7 Å². The standard InChI is InChI=1S/C21H20F3N3O5S/c22-21(23,24)16-10-17(28)26-14-4-1-2-5-15(14)27(16)18(29)11-32-19(30)6-3-8-25-20(31)13-7-9-33-12-13/h1-2,4-5,7,9,12,16H,3,6,8,10-11H2,(H,25,31)(H,26,28). The van der Waals surface area contributed by atoms with Crippen LogP contribution in [0.25, 0.3) is 0 Å². The molecule has 2 aromatic rings.